The fourth-order valence-corrected chi connectivity index (χ4v) is 1.30. The number of ketones is 1. The average Bonchev–Trinajstić information content (AvgIpc) is 2.35. The van der Waals surface area contributed by atoms with Crippen molar-refractivity contribution in [1.82, 2.24) is 0 Å². The Kier molecular flexibility index (Phi) is 4.20. The van der Waals surface area contributed by atoms with Crippen LogP contribution < -0.4 is 5.73 Å². The number of rotatable bonds is 5. The van der Waals surface area contributed by atoms with Crippen molar-refractivity contribution in [1.29, 1.82) is 0 Å². The van der Waals surface area contributed by atoms with Gasteiger partial charge in [0, 0.05) is 24.0 Å². The molecule has 5 nitrogen and oxygen atoms in total. The van der Waals surface area contributed by atoms with Gasteiger partial charge in [-0.15, -0.1) is 0 Å². The van der Waals surface area contributed by atoms with Gasteiger partial charge in [0.1, 0.15) is 0 Å². The molecule has 0 fully saturated rings. The third-order valence-electron chi connectivity index (χ3n) is 2.07. The van der Waals surface area contributed by atoms with Crippen molar-refractivity contribution >= 4 is 17.9 Å². The minimum atomic E-state index is -0.231. The second kappa shape index (κ2) is 5.65. The zero-order valence-corrected chi connectivity index (χ0v) is 8.51. The number of hydrogen-bond acceptors (Lipinski definition) is 4. The van der Waals surface area contributed by atoms with Crippen LogP contribution in [0.4, 0.5) is 0 Å². The molecule has 0 heterocycles. The van der Waals surface area contributed by atoms with Crippen molar-refractivity contribution in [2.24, 2.45) is 10.9 Å². The van der Waals surface area contributed by atoms with Crippen LogP contribution in [0.25, 0.3) is 0 Å². The van der Waals surface area contributed by atoms with Gasteiger partial charge in [-0.2, -0.15) is 0 Å². The molecule has 0 atom stereocenters. The smallest absolute Gasteiger partial charge is 0.198 e. The topological polar surface area (TPSA) is 92.8 Å². The van der Waals surface area contributed by atoms with E-state index in [1.807, 2.05) is 0 Å². The van der Waals surface area contributed by atoms with Gasteiger partial charge in [-0.1, -0.05) is 29.4 Å². The van der Waals surface area contributed by atoms with Gasteiger partial charge in [0.15, 0.2) is 17.9 Å². The van der Waals surface area contributed by atoms with Gasteiger partial charge in [0.05, 0.1) is 0 Å². The number of Topliss-reactive ketones (excluding diaryl/α,β-unsaturated/α-hetero) is 1. The Morgan fingerprint density at radius 2 is 2.00 bits per heavy atom. The molecule has 0 bridgehead atoms. The van der Waals surface area contributed by atoms with Crippen LogP contribution >= 0.6 is 0 Å². The van der Waals surface area contributed by atoms with Crippen molar-refractivity contribution < 1.29 is 14.8 Å². The second-order valence-corrected chi connectivity index (χ2v) is 3.10. The number of hydrogen-bond donors (Lipinski definition) is 2. The molecule has 0 unspecified atom stereocenters. The zero-order chi connectivity index (χ0) is 12.0. The summed E-state index contributed by atoms with van der Waals surface area (Å²) in [5.41, 5.74) is 6.13. The fraction of sp³-hybridized carbons (Fsp3) is 0.182. The van der Waals surface area contributed by atoms with E-state index in [1.165, 1.54) is 0 Å². The van der Waals surface area contributed by atoms with E-state index < -0.39 is 0 Å². The van der Waals surface area contributed by atoms with Crippen molar-refractivity contribution in [3.63, 3.8) is 0 Å². The Morgan fingerprint density at radius 3 is 2.56 bits per heavy atom. The molecule has 1 rings (SSSR count). The molecule has 5 heteroatoms. The van der Waals surface area contributed by atoms with Gasteiger partial charge in [-0.05, 0) is 0 Å². The van der Waals surface area contributed by atoms with Crippen molar-refractivity contribution in [3.8, 4) is 0 Å². The minimum absolute atomic E-state index is 0.0450. The summed E-state index contributed by atoms with van der Waals surface area (Å²) in [6.45, 7) is 0. The Labute approximate surface area is 92.6 Å². The molecule has 83 valence electrons. The number of nitrogens with zero attached hydrogens (tertiary/aromatic N) is 1. The lowest BCUT2D eigenvalue weighted by Gasteiger charge is -2.05. The van der Waals surface area contributed by atoms with Crippen LogP contribution in [0, 0.1) is 0 Å². The van der Waals surface area contributed by atoms with Gasteiger partial charge < -0.3 is 10.9 Å². The number of benzene rings is 1. The molecule has 1 aromatic rings. The number of carbonyl (C=O) groups is 1. The summed E-state index contributed by atoms with van der Waals surface area (Å²) in [5.74, 6) is -0.357. The number of amidine groups is 1. The van der Waals surface area contributed by atoms with E-state index in [0.29, 0.717) is 11.1 Å². The third-order valence-corrected chi connectivity index (χ3v) is 2.07. The minimum Gasteiger partial charge on any atom is -0.409 e. The lowest BCUT2D eigenvalue weighted by atomic mass is 10.0. The Morgan fingerprint density at radius 1 is 1.38 bits per heavy atom. The van der Waals surface area contributed by atoms with Gasteiger partial charge >= 0.3 is 0 Å². The first-order valence-corrected chi connectivity index (χ1v) is 4.65. The highest BCUT2D eigenvalue weighted by atomic mass is 16.4. The fourth-order valence-electron chi connectivity index (χ4n) is 1.30. The van der Waals surface area contributed by atoms with Crippen molar-refractivity contribution in [3.05, 3.63) is 35.4 Å². The van der Waals surface area contributed by atoms with Gasteiger partial charge in [0.25, 0.3) is 0 Å². The Balaban J connectivity index is 3.03. The summed E-state index contributed by atoms with van der Waals surface area (Å²) in [4.78, 5) is 21.7. The van der Waals surface area contributed by atoms with E-state index in [2.05, 4.69) is 5.16 Å². The first kappa shape index (κ1) is 11.9. The maximum Gasteiger partial charge on any atom is 0.198 e. The highest BCUT2D eigenvalue weighted by Gasteiger charge is 2.13. The molecular formula is C11H11N2O3. The lowest BCUT2D eigenvalue weighted by Crippen LogP contribution is -2.17. The highest BCUT2D eigenvalue weighted by molar-refractivity contribution is 6.09. The molecule has 0 spiro atoms. The Bertz CT molecular complexity index is 427. The monoisotopic (exact) mass is 219 g/mol. The molecule has 0 saturated heterocycles. The average molecular weight is 219 g/mol. The van der Waals surface area contributed by atoms with Gasteiger partial charge in [-0.3, -0.25) is 9.59 Å². The molecule has 16 heavy (non-hydrogen) atoms. The van der Waals surface area contributed by atoms with E-state index >= 15 is 0 Å². The number of oxime groups is 1. The third kappa shape index (κ3) is 2.66. The van der Waals surface area contributed by atoms with E-state index in [0.717, 1.165) is 0 Å². The molecular weight excluding hydrogens is 208 g/mol. The number of carbonyl (C=O) groups excluding carboxylic acids is 2. The standard InChI is InChI=1S/C11H11N2O3/c12-11(13-16)9-5-2-1-4-8(9)10(15)6-3-7-14/h1-2,4-5,16H,3,6H2,(H2,12,13). The maximum atomic E-state index is 11.7. The molecule has 1 radical (unpaired) electrons. The molecule has 0 amide bonds. The molecule has 1 aromatic carbocycles. The maximum absolute atomic E-state index is 11.7. The van der Waals surface area contributed by atoms with Gasteiger partial charge in [0.2, 0.25) is 0 Å². The van der Waals surface area contributed by atoms with Gasteiger partial charge in [-0.25, -0.2) is 0 Å². The largest absolute Gasteiger partial charge is 0.409 e. The molecule has 0 saturated carbocycles. The lowest BCUT2D eigenvalue weighted by molar-refractivity contribution is 0.0984. The molecule has 0 aliphatic carbocycles. The SMILES string of the molecule is N/C(=N/O)c1ccccc1C(=O)CC[C]=O. The first-order chi connectivity index (χ1) is 7.70. The summed E-state index contributed by atoms with van der Waals surface area (Å²) >= 11 is 0. The van der Waals surface area contributed by atoms with Crippen LogP contribution in [0.3, 0.4) is 0 Å². The van der Waals surface area contributed by atoms with E-state index in [9.17, 15) is 9.59 Å². The quantitative estimate of drug-likeness (QED) is 0.252. The molecule has 0 aromatic heterocycles. The predicted molar refractivity (Wildman–Crippen MR) is 58.2 cm³/mol. The predicted octanol–water partition coefficient (Wildman–Crippen LogP) is 0.854. The summed E-state index contributed by atoms with van der Waals surface area (Å²) in [6.07, 6.45) is 1.76. The van der Waals surface area contributed by atoms with Crippen LogP contribution in [-0.2, 0) is 4.79 Å². The number of nitrogens with two attached hydrogens (primary N) is 1. The summed E-state index contributed by atoms with van der Waals surface area (Å²) < 4.78 is 0. The summed E-state index contributed by atoms with van der Waals surface area (Å²) in [6, 6.07) is 6.50. The first-order valence-electron chi connectivity index (χ1n) is 4.65. The van der Waals surface area contributed by atoms with Crippen LogP contribution in [0.1, 0.15) is 28.8 Å². The summed E-state index contributed by atoms with van der Waals surface area (Å²) in [7, 11) is 0. The van der Waals surface area contributed by atoms with E-state index in [4.69, 9.17) is 10.9 Å². The highest BCUT2D eigenvalue weighted by Crippen LogP contribution is 2.11. The van der Waals surface area contributed by atoms with E-state index in [-0.39, 0.29) is 24.5 Å². The van der Waals surface area contributed by atoms with Crippen molar-refractivity contribution in [2.75, 3.05) is 0 Å². The normalized spacial score (nSPS) is 11.1. The van der Waals surface area contributed by atoms with Crippen LogP contribution in [0.2, 0.25) is 0 Å². The zero-order valence-electron chi connectivity index (χ0n) is 8.51. The van der Waals surface area contributed by atoms with E-state index in [1.54, 1.807) is 30.6 Å². The van der Waals surface area contributed by atoms with Crippen LogP contribution in [0.15, 0.2) is 29.4 Å². The molecule has 0 aliphatic rings. The van der Waals surface area contributed by atoms with Crippen LogP contribution in [-0.4, -0.2) is 23.1 Å². The molecule has 3 N–H and O–H groups in total. The Hall–Kier alpha value is -2.17. The van der Waals surface area contributed by atoms with Crippen molar-refractivity contribution in [2.45, 2.75) is 12.8 Å². The molecule has 0 aliphatic heterocycles. The second-order valence-electron chi connectivity index (χ2n) is 3.10. The summed E-state index contributed by atoms with van der Waals surface area (Å²) in [5, 5.41) is 11.4. The van der Waals surface area contributed by atoms with Crippen LogP contribution in [0.5, 0.6) is 0 Å².